The zero-order chi connectivity index (χ0) is 4.85. The van der Waals surface area contributed by atoms with Gasteiger partial charge in [-0.25, -0.2) is 0 Å². The van der Waals surface area contributed by atoms with Crippen LogP contribution in [0.3, 0.4) is 0 Å². The van der Waals surface area contributed by atoms with Gasteiger partial charge in [-0.2, -0.15) is 0 Å². The molecule has 7 heavy (non-hydrogen) atoms. The topological polar surface area (TPSA) is 9.86 Å². The Kier molecular flexibility index (Phi) is 0.400. The molecule has 3 rings (SSSR count). The van der Waals surface area contributed by atoms with Crippen LogP contribution in [0.5, 0.6) is 0 Å². The molecule has 0 radical (unpaired) electrons. The van der Waals surface area contributed by atoms with E-state index in [4.69, 9.17) is 12.2 Å². The van der Waals surface area contributed by atoms with E-state index in [0.717, 1.165) is 11.4 Å². The van der Waals surface area contributed by atoms with Crippen molar-refractivity contribution in [1.82, 2.24) is 9.13 Å². The number of hydrogen-bond donors (Lipinski definition) is 0. The molecule has 1 aromatic heterocycles. The van der Waals surface area contributed by atoms with Crippen LogP contribution in [0.2, 0.25) is 0 Å². The lowest BCUT2D eigenvalue weighted by atomic mass is 10.8. The van der Waals surface area contributed by atoms with Gasteiger partial charge in [-0.3, -0.25) is 0 Å². The lowest BCUT2D eigenvalue weighted by Crippen LogP contribution is -2.14. The molecule has 2 aliphatic rings. The molecule has 36 valence electrons. The Balaban J connectivity index is 3.08. The van der Waals surface area contributed by atoms with E-state index in [2.05, 4.69) is 0 Å². The molecule has 2 bridgehead atoms. The summed E-state index contributed by atoms with van der Waals surface area (Å²) in [6.45, 7) is 0.985. The molecule has 0 spiro atoms. The molecule has 0 saturated carbocycles. The summed E-state index contributed by atoms with van der Waals surface area (Å²) in [5.74, 6) is 0. The summed E-state index contributed by atoms with van der Waals surface area (Å²) in [5.41, 5.74) is 0. The molecule has 3 heterocycles. The molecule has 2 nitrogen and oxygen atoms in total. The zero-order valence-corrected chi connectivity index (χ0v) is 4.48. The van der Waals surface area contributed by atoms with Crippen LogP contribution in [0.15, 0.2) is 12.4 Å². The first-order chi connectivity index (χ1) is 3.38. The molecule has 0 aromatic carbocycles. The van der Waals surface area contributed by atoms with Crippen LogP contribution in [0, 0.1) is 4.77 Å². The van der Waals surface area contributed by atoms with Crippen LogP contribution in [0.4, 0.5) is 0 Å². The fraction of sp³-hybridized carbons (Fsp3) is 0.250. The van der Waals surface area contributed by atoms with E-state index >= 15 is 0 Å². The van der Waals surface area contributed by atoms with Gasteiger partial charge in [-0.05, 0) is 12.2 Å². The molecule has 0 fully saturated rings. The second kappa shape index (κ2) is 0.816. The smallest absolute Gasteiger partial charge is 0.182 e. The van der Waals surface area contributed by atoms with Gasteiger partial charge in [0.05, 0.1) is 0 Å². The van der Waals surface area contributed by atoms with Gasteiger partial charge in [-0.1, -0.05) is 0 Å². The van der Waals surface area contributed by atoms with Gasteiger partial charge in [0.25, 0.3) is 0 Å². The van der Waals surface area contributed by atoms with E-state index in [1.807, 2.05) is 21.5 Å². The van der Waals surface area contributed by atoms with Crippen LogP contribution in [-0.2, 0) is 6.67 Å². The quantitative estimate of drug-likeness (QED) is 0.459. The van der Waals surface area contributed by atoms with E-state index in [1.54, 1.807) is 0 Å². The van der Waals surface area contributed by atoms with Crippen LogP contribution >= 0.6 is 12.2 Å². The molecule has 0 aliphatic carbocycles. The van der Waals surface area contributed by atoms with E-state index in [1.165, 1.54) is 0 Å². The first kappa shape index (κ1) is 3.43. The lowest BCUT2D eigenvalue weighted by molar-refractivity contribution is 0.510. The van der Waals surface area contributed by atoms with Crippen LogP contribution in [0.25, 0.3) is 0 Å². The normalized spacial score (nSPS) is 13.7. The number of rotatable bonds is 0. The van der Waals surface area contributed by atoms with Crippen molar-refractivity contribution in [2.24, 2.45) is 0 Å². The predicted molar refractivity (Wildman–Crippen MR) is 28.7 cm³/mol. The van der Waals surface area contributed by atoms with E-state index in [-0.39, 0.29) is 0 Å². The van der Waals surface area contributed by atoms with Crippen molar-refractivity contribution < 1.29 is 0 Å². The van der Waals surface area contributed by atoms with E-state index < -0.39 is 0 Å². The summed E-state index contributed by atoms with van der Waals surface area (Å²) in [4.78, 5) is 0. The van der Waals surface area contributed by atoms with Gasteiger partial charge < -0.3 is 9.13 Å². The lowest BCUT2D eigenvalue weighted by Gasteiger charge is -2.10. The van der Waals surface area contributed by atoms with Gasteiger partial charge in [-0.15, -0.1) is 0 Å². The van der Waals surface area contributed by atoms with Gasteiger partial charge in [0, 0.05) is 12.4 Å². The third-order valence-electron chi connectivity index (χ3n) is 1.22. The Labute approximate surface area is 46.0 Å². The molecule has 2 aliphatic heterocycles. The average Bonchev–Trinajstić information content (AvgIpc) is 2.18. The van der Waals surface area contributed by atoms with Gasteiger partial charge in [0.15, 0.2) is 4.77 Å². The van der Waals surface area contributed by atoms with Crippen molar-refractivity contribution in [3.63, 3.8) is 0 Å². The number of hydrogen-bond acceptors (Lipinski definition) is 1. The van der Waals surface area contributed by atoms with Crippen molar-refractivity contribution in [3.05, 3.63) is 17.2 Å². The van der Waals surface area contributed by atoms with Crippen LogP contribution < -0.4 is 0 Å². The standard InChI is InChI=1S/C4H4N2S/c7-4-5-1-2-6(4)3-5/h1-2H,3H2. The minimum absolute atomic E-state index is 0.944. The molecule has 0 unspecified atom stereocenters. The van der Waals surface area contributed by atoms with Crippen LogP contribution in [0.1, 0.15) is 0 Å². The molecule has 0 atom stereocenters. The molecular formula is C4H4N2S. The maximum Gasteiger partial charge on any atom is 0.182 e. The summed E-state index contributed by atoms with van der Waals surface area (Å²) in [7, 11) is 0. The second-order valence-corrected chi connectivity index (χ2v) is 2.03. The van der Waals surface area contributed by atoms with Crippen LogP contribution in [-0.4, -0.2) is 9.13 Å². The Morgan fingerprint density at radius 2 is 2.00 bits per heavy atom. The highest BCUT2D eigenvalue weighted by Gasteiger charge is 2.07. The summed E-state index contributed by atoms with van der Waals surface area (Å²) in [6, 6.07) is 0. The van der Waals surface area contributed by atoms with E-state index in [0.29, 0.717) is 0 Å². The molecular weight excluding hydrogens is 108 g/mol. The highest BCUT2D eigenvalue weighted by Crippen LogP contribution is 2.06. The molecule has 3 heteroatoms. The Bertz CT molecular complexity index is 222. The molecule has 0 N–H and O–H groups in total. The largest absolute Gasteiger partial charge is 0.305 e. The summed E-state index contributed by atoms with van der Waals surface area (Å²) < 4.78 is 4.99. The van der Waals surface area contributed by atoms with Crippen molar-refractivity contribution in [2.45, 2.75) is 6.67 Å². The first-order valence-electron chi connectivity index (χ1n) is 2.13. The number of nitrogens with zero attached hydrogens (tertiary/aromatic N) is 2. The van der Waals surface area contributed by atoms with Crippen molar-refractivity contribution in [1.29, 1.82) is 0 Å². The monoisotopic (exact) mass is 112 g/mol. The molecule has 1 aromatic rings. The average molecular weight is 112 g/mol. The van der Waals surface area contributed by atoms with Crippen molar-refractivity contribution in [3.8, 4) is 0 Å². The van der Waals surface area contributed by atoms with Gasteiger partial charge >= 0.3 is 0 Å². The first-order valence-corrected chi connectivity index (χ1v) is 2.54. The minimum Gasteiger partial charge on any atom is -0.305 e. The molecule has 0 amide bonds. The van der Waals surface area contributed by atoms with E-state index in [9.17, 15) is 0 Å². The summed E-state index contributed by atoms with van der Waals surface area (Å²) in [6.07, 6.45) is 3.98. The Hall–Kier alpha value is -0.570. The number of aromatic nitrogens is 2. The summed E-state index contributed by atoms with van der Waals surface area (Å²) in [5, 5.41) is 0. The Morgan fingerprint density at radius 3 is 2.14 bits per heavy atom. The Morgan fingerprint density at radius 1 is 1.43 bits per heavy atom. The predicted octanol–water partition coefficient (Wildman–Crippen LogP) is 0.838. The number of fused-ring (bicyclic) bond motifs is 1. The fourth-order valence-electron chi connectivity index (χ4n) is 0.755. The summed E-state index contributed by atoms with van der Waals surface area (Å²) >= 11 is 4.88. The van der Waals surface area contributed by atoms with Gasteiger partial charge in [0.2, 0.25) is 0 Å². The third-order valence-corrected chi connectivity index (χ3v) is 1.69. The van der Waals surface area contributed by atoms with Gasteiger partial charge in [0.1, 0.15) is 6.67 Å². The SMILES string of the molecule is S=c1n2ccn1C2. The number of imidazole rings is 1. The van der Waals surface area contributed by atoms with Crippen molar-refractivity contribution >= 4 is 12.2 Å². The second-order valence-electron chi connectivity index (χ2n) is 1.66. The zero-order valence-electron chi connectivity index (χ0n) is 3.66. The minimum atomic E-state index is 0.944. The molecule has 0 saturated heterocycles. The maximum absolute atomic E-state index is 4.88. The maximum atomic E-state index is 4.88. The fourth-order valence-corrected chi connectivity index (χ4v) is 0.992. The van der Waals surface area contributed by atoms with Crippen molar-refractivity contribution in [2.75, 3.05) is 0 Å². The third kappa shape index (κ3) is 0.237. The highest BCUT2D eigenvalue weighted by atomic mass is 32.1. The highest BCUT2D eigenvalue weighted by molar-refractivity contribution is 7.71.